The largest absolute Gasteiger partial charge is 0.444 e. The van der Waals surface area contributed by atoms with Crippen LogP contribution in [-0.2, 0) is 9.53 Å². The van der Waals surface area contributed by atoms with Gasteiger partial charge in [0.1, 0.15) is 17.3 Å². The Morgan fingerprint density at radius 3 is 2.30 bits per heavy atom. The van der Waals surface area contributed by atoms with Gasteiger partial charge in [-0.3, -0.25) is 4.79 Å². The fourth-order valence-corrected chi connectivity index (χ4v) is 6.46. The van der Waals surface area contributed by atoms with Crippen LogP contribution in [0.5, 0.6) is 0 Å². The number of pyridine rings is 1. The molecule has 10 nitrogen and oxygen atoms in total. The molecular weight excluding hydrogens is 556 g/mol. The SMILES string of the molecule is CC(C)NC(=O)N1C[C@H](c2cn3cccc(-c4ccccc4)c3n2)[C@@H]2[C@H]1CCN2C(=O)C(NC(=O)OC(C)(C)C)C(C)(C)C. The van der Waals surface area contributed by atoms with Crippen LogP contribution in [0.25, 0.3) is 16.8 Å². The van der Waals surface area contributed by atoms with Gasteiger partial charge < -0.3 is 29.6 Å². The lowest BCUT2D eigenvalue weighted by atomic mass is 9.85. The van der Waals surface area contributed by atoms with Crippen LogP contribution in [0.3, 0.4) is 0 Å². The molecule has 0 saturated carbocycles. The third-order valence-electron chi connectivity index (χ3n) is 8.32. The molecule has 0 bridgehead atoms. The molecule has 236 valence electrons. The number of nitrogens with one attached hydrogen (secondary N) is 2. The first-order valence-electron chi connectivity index (χ1n) is 15.5. The van der Waals surface area contributed by atoms with Crippen molar-refractivity contribution in [1.82, 2.24) is 29.8 Å². The number of fused-ring (bicyclic) bond motifs is 2. The monoisotopic (exact) mass is 602 g/mol. The molecule has 2 fully saturated rings. The Kier molecular flexibility index (Phi) is 8.39. The molecule has 2 aliphatic rings. The van der Waals surface area contributed by atoms with Gasteiger partial charge in [0.25, 0.3) is 0 Å². The van der Waals surface area contributed by atoms with E-state index in [0.29, 0.717) is 19.5 Å². The van der Waals surface area contributed by atoms with Gasteiger partial charge >= 0.3 is 12.1 Å². The van der Waals surface area contributed by atoms with E-state index in [1.54, 1.807) is 20.8 Å². The van der Waals surface area contributed by atoms with E-state index in [4.69, 9.17) is 9.72 Å². The van der Waals surface area contributed by atoms with Crippen molar-refractivity contribution in [3.63, 3.8) is 0 Å². The number of rotatable bonds is 5. The molecule has 0 radical (unpaired) electrons. The second-order valence-electron chi connectivity index (χ2n) is 14.4. The predicted octanol–water partition coefficient (Wildman–Crippen LogP) is 5.43. The van der Waals surface area contributed by atoms with Crippen LogP contribution in [0.2, 0.25) is 0 Å². The number of nitrogens with zero attached hydrogens (tertiary/aromatic N) is 4. The van der Waals surface area contributed by atoms with Gasteiger partial charge in [-0.1, -0.05) is 51.1 Å². The Hall–Kier alpha value is -4.08. The maximum Gasteiger partial charge on any atom is 0.408 e. The van der Waals surface area contributed by atoms with Crippen molar-refractivity contribution in [3.8, 4) is 11.1 Å². The van der Waals surface area contributed by atoms with Crippen LogP contribution < -0.4 is 10.6 Å². The Balaban J connectivity index is 1.52. The summed E-state index contributed by atoms with van der Waals surface area (Å²) >= 11 is 0. The van der Waals surface area contributed by atoms with Crippen LogP contribution in [0.4, 0.5) is 9.59 Å². The highest BCUT2D eigenvalue weighted by Gasteiger charge is 2.54. The number of likely N-dealkylation sites (tertiary alicyclic amines) is 2. The molecule has 2 aliphatic heterocycles. The lowest BCUT2D eigenvalue weighted by Gasteiger charge is -2.37. The highest BCUT2D eigenvalue weighted by atomic mass is 16.6. The number of ether oxygens (including phenoxy) is 1. The van der Waals surface area contributed by atoms with Crippen LogP contribution in [0.15, 0.2) is 54.9 Å². The van der Waals surface area contributed by atoms with Crippen LogP contribution in [-0.4, -0.2) is 80.1 Å². The Labute approximate surface area is 260 Å². The van der Waals surface area contributed by atoms with Gasteiger partial charge in [-0.2, -0.15) is 0 Å². The number of hydrogen-bond acceptors (Lipinski definition) is 5. The highest BCUT2D eigenvalue weighted by molar-refractivity contribution is 5.87. The van der Waals surface area contributed by atoms with E-state index in [1.807, 2.05) is 85.5 Å². The maximum absolute atomic E-state index is 14.4. The van der Waals surface area contributed by atoms with E-state index in [0.717, 1.165) is 22.5 Å². The second-order valence-corrected chi connectivity index (χ2v) is 14.4. The first-order chi connectivity index (χ1) is 20.6. The van der Waals surface area contributed by atoms with E-state index >= 15 is 0 Å². The molecule has 0 spiro atoms. The number of carbonyl (C=O) groups is 3. The Morgan fingerprint density at radius 2 is 1.66 bits per heavy atom. The summed E-state index contributed by atoms with van der Waals surface area (Å²) in [5.41, 5.74) is 2.45. The molecular formula is C34H46N6O4. The number of benzene rings is 1. The number of alkyl carbamates (subject to hydrolysis) is 1. The van der Waals surface area contributed by atoms with E-state index in [9.17, 15) is 14.4 Å². The summed E-state index contributed by atoms with van der Waals surface area (Å²) in [4.78, 5) is 49.6. The summed E-state index contributed by atoms with van der Waals surface area (Å²) in [5.74, 6) is -0.393. The molecule has 5 rings (SSSR count). The molecule has 10 heteroatoms. The second kappa shape index (κ2) is 11.8. The van der Waals surface area contributed by atoms with E-state index in [1.165, 1.54) is 0 Å². The summed E-state index contributed by atoms with van der Waals surface area (Å²) in [6.07, 6.45) is 4.02. The summed E-state index contributed by atoms with van der Waals surface area (Å²) in [5, 5.41) is 5.92. The van der Waals surface area contributed by atoms with Crippen molar-refractivity contribution in [2.75, 3.05) is 13.1 Å². The van der Waals surface area contributed by atoms with Gasteiger partial charge in [0.2, 0.25) is 5.91 Å². The van der Waals surface area contributed by atoms with E-state index in [2.05, 4.69) is 28.8 Å². The summed E-state index contributed by atoms with van der Waals surface area (Å²) in [6, 6.07) is 12.7. The zero-order valence-electron chi connectivity index (χ0n) is 27.1. The van der Waals surface area contributed by atoms with Crippen LogP contribution >= 0.6 is 0 Å². The van der Waals surface area contributed by atoms with Gasteiger partial charge in [-0.15, -0.1) is 0 Å². The molecule has 1 unspecified atom stereocenters. The average Bonchev–Trinajstić information content (AvgIpc) is 3.63. The minimum absolute atomic E-state index is 0.0222. The first-order valence-corrected chi connectivity index (χ1v) is 15.5. The molecule has 2 aromatic heterocycles. The number of amides is 4. The van der Waals surface area contributed by atoms with Gasteiger partial charge in [0.05, 0.1) is 17.8 Å². The van der Waals surface area contributed by atoms with E-state index in [-0.39, 0.29) is 36.0 Å². The molecule has 44 heavy (non-hydrogen) atoms. The normalized spacial score (nSPS) is 21.0. The van der Waals surface area contributed by atoms with E-state index < -0.39 is 23.2 Å². The lowest BCUT2D eigenvalue weighted by Crippen LogP contribution is -2.57. The van der Waals surface area contributed by atoms with Crippen LogP contribution in [0, 0.1) is 5.41 Å². The van der Waals surface area contributed by atoms with Crippen molar-refractivity contribution in [1.29, 1.82) is 0 Å². The summed E-state index contributed by atoms with van der Waals surface area (Å²) in [6.45, 7) is 16.0. The lowest BCUT2D eigenvalue weighted by molar-refractivity contribution is -0.137. The number of hydrogen-bond donors (Lipinski definition) is 2. The standard InChI is InChI=1S/C34H46N6O4/c1-21(2)35-31(42)40-19-24(25-20-38-17-12-15-23(29(38)36-25)22-13-10-9-11-14-22)27-26(40)16-18-39(27)30(41)28(33(3,4)5)37-32(43)44-34(6,7)8/h9-15,17,20-21,24,26-28H,16,18-19H2,1-8H3,(H,35,42)(H,37,43)/t24-,26-,27-,28?/m1/s1. The van der Waals surface area contributed by atoms with Gasteiger partial charge in [-0.05, 0) is 64.2 Å². The molecule has 2 saturated heterocycles. The van der Waals surface area contributed by atoms with Crippen molar-refractivity contribution in [2.24, 2.45) is 5.41 Å². The number of urea groups is 1. The highest BCUT2D eigenvalue weighted by Crippen LogP contribution is 2.42. The molecule has 3 aromatic rings. The summed E-state index contributed by atoms with van der Waals surface area (Å²) < 4.78 is 7.55. The quantitative estimate of drug-likeness (QED) is 0.405. The van der Waals surface area contributed by atoms with Gasteiger partial charge in [0, 0.05) is 43.0 Å². The van der Waals surface area contributed by atoms with Crippen molar-refractivity contribution in [3.05, 3.63) is 60.6 Å². The van der Waals surface area contributed by atoms with Crippen molar-refractivity contribution < 1.29 is 19.1 Å². The number of aromatic nitrogens is 2. The fourth-order valence-electron chi connectivity index (χ4n) is 6.46. The minimum Gasteiger partial charge on any atom is -0.444 e. The molecule has 4 amide bonds. The number of imidazole rings is 1. The first kappa shape index (κ1) is 31.3. The molecule has 4 heterocycles. The Bertz CT molecular complexity index is 1520. The Morgan fingerprint density at radius 1 is 0.955 bits per heavy atom. The topological polar surface area (TPSA) is 108 Å². The average molecular weight is 603 g/mol. The van der Waals surface area contributed by atoms with Gasteiger partial charge in [0.15, 0.2) is 0 Å². The molecule has 1 aromatic carbocycles. The summed E-state index contributed by atoms with van der Waals surface area (Å²) in [7, 11) is 0. The minimum atomic E-state index is -0.818. The zero-order chi connectivity index (χ0) is 32.0. The third-order valence-corrected chi connectivity index (χ3v) is 8.32. The molecule has 0 aliphatic carbocycles. The van der Waals surface area contributed by atoms with Gasteiger partial charge in [-0.25, -0.2) is 14.6 Å². The van der Waals surface area contributed by atoms with Crippen molar-refractivity contribution in [2.45, 2.75) is 97.5 Å². The maximum atomic E-state index is 14.4. The molecule has 4 atom stereocenters. The molecule has 2 N–H and O–H groups in total. The van der Waals surface area contributed by atoms with Crippen LogP contribution in [0.1, 0.15) is 73.4 Å². The van der Waals surface area contributed by atoms with Crippen molar-refractivity contribution >= 4 is 23.7 Å². The predicted molar refractivity (Wildman–Crippen MR) is 170 cm³/mol. The third kappa shape index (κ3) is 6.39. The number of carbonyl (C=O) groups excluding carboxylic acids is 3. The fraction of sp³-hybridized carbons (Fsp3) is 0.529. The zero-order valence-corrected chi connectivity index (χ0v) is 27.1. The smallest absolute Gasteiger partial charge is 0.408 e.